The summed E-state index contributed by atoms with van der Waals surface area (Å²) < 4.78 is 9.37. The monoisotopic (exact) mass is 1680 g/mol. The topological polar surface area (TPSA) is 454 Å². The van der Waals surface area contributed by atoms with E-state index in [1.165, 1.54) is 102 Å². The van der Waals surface area contributed by atoms with Crippen LogP contribution in [0, 0.1) is 83.1 Å². The number of nitrogen functional groups attached to an aromatic ring is 3. The van der Waals surface area contributed by atoms with E-state index < -0.39 is 5.69 Å². The summed E-state index contributed by atoms with van der Waals surface area (Å²) in [5, 5.41) is 18.9. The van der Waals surface area contributed by atoms with Gasteiger partial charge in [0, 0.05) is 93.7 Å². The van der Waals surface area contributed by atoms with E-state index in [9.17, 15) is 24.0 Å². The van der Waals surface area contributed by atoms with E-state index >= 15 is 0 Å². The number of hydrogen-bond acceptors (Lipinski definition) is 25. The van der Waals surface area contributed by atoms with Crippen LogP contribution >= 0.6 is 0 Å². The SMILES string of the molecule is C.C.Cc1ccc(CNc2cc(=O)n(C)c(=O)[nH]2)cc1C.Cc1ccc(CNc2cc(=O)n(C)c(N)n2)cc1C.Cc1ccc(CNc2nc(N)c3c(ncn3C)n2)cc1C.Cc1ccc(CNc2nc(N)c3ncn(C)c3n2)cc1C.Cc1ccc(CNc2nc3c(ncn3C)c(=O)[nH]2)cc1C.Cc1ccc(CNc2nc3ncn(C)c3c(=O)[nH]2)cc1C. The fraction of sp³-hybridized carbons (Fsp3) is 0.289. The minimum Gasteiger partial charge on any atom is -0.382 e. The van der Waals surface area contributed by atoms with Crippen LogP contribution in [0.5, 0.6) is 0 Å². The number of anilines is 9. The molecule has 0 atom stereocenters. The predicted molar refractivity (Wildman–Crippen MR) is 499 cm³/mol. The molecule has 10 heterocycles. The van der Waals surface area contributed by atoms with Crippen molar-refractivity contribution in [2.75, 3.05) is 49.1 Å². The van der Waals surface area contributed by atoms with Gasteiger partial charge in [-0.05, 0) is 183 Å². The molecule has 0 fully saturated rings. The molecule has 16 rings (SSSR count). The molecule has 0 aliphatic heterocycles. The van der Waals surface area contributed by atoms with Crippen LogP contribution < -0.4 is 77.0 Å². The minimum atomic E-state index is -0.421. The number of aromatic amines is 3. The normalized spacial score (nSPS) is 10.7. The molecule has 124 heavy (non-hydrogen) atoms. The lowest BCUT2D eigenvalue weighted by atomic mass is 10.1. The van der Waals surface area contributed by atoms with Crippen LogP contribution in [0.2, 0.25) is 0 Å². The van der Waals surface area contributed by atoms with Crippen LogP contribution in [0.4, 0.5) is 53.0 Å². The van der Waals surface area contributed by atoms with Gasteiger partial charge in [0.05, 0.1) is 25.3 Å². The van der Waals surface area contributed by atoms with Crippen LogP contribution in [0.1, 0.15) is 115 Å². The van der Waals surface area contributed by atoms with Gasteiger partial charge < -0.3 is 67.4 Å². The van der Waals surface area contributed by atoms with E-state index in [-0.39, 0.29) is 43.0 Å². The number of nitrogens with zero attached hydrogens (tertiary/aromatic N) is 17. The van der Waals surface area contributed by atoms with Crippen molar-refractivity contribution < 1.29 is 0 Å². The Balaban J connectivity index is 0.000000168. The molecular weight excluding hydrogens is 1570 g/mol. The molecule has 0 unspecified atom stereocenters. The number of fused-ring (bicyclic) bond motifs is 4. The van der Waals surface area contributed by atoms with Crippen molar-refractivity contribution in [1.29, 1.82) is 0 Å². The molecular formula is C90H113N29O5. The quantitative estimate of drug-likeness (QED) is 0.0379. The van der Waals surface area contributed by atoms with Crippen LogP contribution in [-0.2, 0) is 81.6 Å². The smallest absolute Gasteiger partial charge is 0.329 e. The standard InChI is InChI=1S/2C15H18N6.2C15H17N5O.C14H18N4O.C14H17N3O2.2CH4/c1-9-4-5-11(6-10(9)2)7-17-15-19-13(16)12-14(20-15)18-8-21(12)3;1-9-4-5-11(6-10(9)2)7-17-15-19-13(16)12-14(20-15)21(3)8-18-12;1-9-4-5-11(6-10(9)2)7-16-15-18-13-12(14(21)19-15)20(3)8-17-13;1-9-4-5-11(6-10(9)2)7-16-15-18-13-12(14(21)19-15)17-8-20(13)3;1-9-4-5-11(6-10(9)2)8-16-12-7-13(19)18(3)14(15)17-12;1-9-4-5-11(6-10(9)2)8-15-12-7-13(18)17(3)14(19)16-12;;/h2*4-6,8H,7H2,1-3H3,(H3,16,17,19,20);2*4-6,8H,7H2,1-3H3,(H2,16,18,19,21);4-7,16H,8H2,1-3H3,(H2,15,17);4-7,15H,8H2,1-3H3,(H,16,19);2*1H4. The number of H-pyrrole nitrogens is 3. The summed E-state index contributed by atoms with van der Waals surface area (Å²) in [5.41, 5.74) is 42.8. The molecule has 0 spiro atoms. The average molecular weight is 1680 g/mol. The number of aryl methyl sites for hydroxylation is 16. The summed E-state index contributed by atoms with van der Waals surface area (Å²) in [4.78, 5) is 113. The van der Waals surface area contributed by atoms with Crippen LogP contribution in [0.3, 0.4) is 0 Å². The minimum absolute atomic E-state index is 0. The molecule has 0 saturated carbocycles. The van der Waals surface area contributed by atoms with E-state index in [1.54, 1.807) is 48.5 Å². The molecule has 0 aliphatic rings. The van der Waals surface area contributed by atoms with Gasteiger partial charge in [-0.25, -0.2) is 24.7 Å². The van der Waals surface area contributed by atoms with Crippen molar-refractivity contribution >= 4 is 97.7 Å². The van der Waals surface area contributed by atoms with Gasteiger partial charge in [-0.2, -0.15) is 34.9 Å². The van der Waals surface area contributed by atoms with Crippen molar-refractivity contribution in [1.82, 2.24) is 97.2 Å². The van der Waals surface area contributed by atoms with Gasteiger partial charge >= 0.3 is 5.69 Å². The lowest BCUT2D eigenvalue weighted by Gasteiger charge is -2.09. The number of benzene rings is 6. The largest absolute Gasteiger partial charge is 0.382 e. The first-order valence-corrected chi connectivity index (χ1v) is 39.3. The molecule has 0 radical (unpaired) electrons. The van der Waals surface area contributed by atoms with E-state index in [0.717, 1.165) is 38.0 Å². The zero-order chi connectivity index (χ0) is 87.9. The lowest BCUT2D eigenvalue weighted by Crippen LogP contribution is -2.32. The number of aromatic nitrogens is 20. The van der Waals surface area contributed by atoms with Crippen LogP contribution in [-0.4, -0.2) is 97.2 Å². The second-order valence-electron chi connectivity index (χ2n) is 30.2. The lowest BCUT2D eigenvalue weighted by molar-refractivity contribution is 0.776. The summed E-state index contributed by atoms with van der Waals surface area (Å²) in [6.07, 6.45) is 6.53. The van der Waals surface area contributed by atoms with Crippen molar-refractivity contribution in [2.24, 2.45) is 42.3 Å². The Morgan fingerprint density at radius 1 is 0.323 bits per heavy atom. The van der Waals surface area contributed by atoms with Crippen molar-refractivity contribution in [2.45, 2.75) is 137 Å². The summed E-state index contributed by atoms with van der Waals surface area (Å²) in [7, 11) is 10.4. The van der Waals surface area contributed by atoms with E-state index in [4.69, 9.17) is 17.2 Å². The second kappa shape index (κ2) is 41.2. The summed E-state index contributed by atoms with van der Waals surface area (Å²) in [6.45, 7) is 28.7. The Hall–Kier alpha value is -15.1. The summed E-state index contributed by atoms with van der Waals surface area (Å²) >= 11 is 0. The fourth-order valence-corrected chi connectivity index (χ4v) is 12.4. The molecule has 0 bridgehead atoms. The molecule has 0 aliphatic carbocycles. The molecule has 34 nitrogen and oxygen atoms in total. The Kier molecular flexibility index (Phi) is 30.8. The summed E-state index contributed by atoms with van der Waals surface area (Å²) in [6, 6.07) is 40.5. The highest BCUT2D eigenvalue weighted by Crippen LogP contribution is 2.23. The third-order valence-corrected chi connectivity index (χ3v) is 20.9. The summed E-state index contributed by atoms with van der Waals surface area (Å²) in [5.74, 6) is 3.86. The van der Waals surface area contributed by atoms with Gasteiger partial charge in [-0.1, -0.05) is 124 Å². The van der Waals surface area contributed by atoms with Gasteiger partial charge in [0.2, 0.25) is 29.7 Å². The maximum atomic E-state index is 12.0. The third-order valence-electron chi connectivity index (χ3n) is 20.9. The average Bonchev–Trinajstić information content (AvgIpc) is 1.67. The molecule has 0 saturated heterocycles. The molecule has 10 aromatic heterocycles. The van der Waals surface area contributed by atoms with Crippen LogP contribution in [0.25, 0.3) is 44.7 Å². The Morgan fingerprint density at radius 3 is 1.13 bits per heavy atom. The van der Waals surface area contributed by atoms with Crippen LogP contribution in [0.15, 0.2) is 171 Å². The highest BCUT2D eigenvalue weighted by molar-refractivity contribution is 5.84. The molecule has 15 N–H and O–H groups in total. The Morgan fingerprint density at radius 2 is 0.685 bits per heavy atom. The van der Waals surface area contributed by atoms with Crippen molar-refractivity contribution in [3.05, 3.63) is 299 Å². The highest BCUT2D eigenvalue weighted by Gasteiger charge is 2.15. The molecule has 0 amide bonds. The molecule has 34 heteroatoms. The second-order valence-corrected chi connectivity index (χ2v) is 30.2. The first-order chi connectivity index (χ1) is 58.1. The highest BCUT2D eigenvalue weighted by atomic mass is 16.2. The predicted octanol–water partition coefficient (Wildman–Crippen LogP) is 12.3. The zero-order valence-corrected chi connectivity index (χ0v) is 72.0. The van der Waals surface area contributed by atoms with Crippen molar-refractivity contribution in [3.8, 4) is 0 Å². The van der Waals surface area contributed by atoms with Gasteiger partial charge in [0.1, 0.15) is 22.7 Å². The van der Waals surface area contributed by atoms with Gasteiger partial charge in [-0.3, -0.25) is 43.3 Å². The first-order valence-electron chi connectivity index (χ1n) is 39.3. The fourth-order valence-electron chi connectivity index (χ4n) is 12.4. The van der Waals surface area contributed by atoms with Crippen molar-refractivity contribution in [3.63, 3.8) is 0 Å². The van der Waals surface area contributed by atoms with E-state index in [2.05, 4.69) is 288 Å². The number of hydrogen-bond donors (Lipinski definition) is 12. The molecule has 6 aromatic carbocycles. The maximum Gasteiger partial charge on any atom is 0.329 e. The third kappa shape index (κ3) is 23.7. The van der Waals surface area contributed by atoms with Gasteiger partial charge in [0.15, 0.2) is 45.3 Å². The number of imidazole rings is 4. The Bertz CT molecular complexity index is 6770. The molecule has 648 valence electrons. The first kappa shape index (κ1) is 92.8. The number of nitrogens with one attached hydrogen (secondary N) is 9. The van der Waals surface area contributed by atoms with Gasteiger partial charge in [0.25, 0.3) is 22.2 Å². The number of rotatable bonds is 18. The zero-order valence-electron chi connectivity index (χ0n) is 72.0. The Labute approximate surface area is 718 Å². The number of nitrogens with two attached hydrogens (primary N) is 3. The molecule has 16 aromatic rings. The van der Waals surface area contributed by atoms with Gasteiger partial charge in [-0.15, -0.1) is 0 Å². The maximum absolute atomic E-state index is 12.0. The van der Waals surface area contributed by atoms with E-state index in [1.807, 2.05) is 36.3 Å². The van der Waals surface area contributed by atoms with E-state index in [0.29, 0.717) is 120 Å².